The van der Waals surface area contributed by atoms with E-state index in [1.54, 1.807) is 12.1 Å². The van der Waals surface area contributed by atoms with Gasteiger partial charge in [-0.3, -0.25) is 0 Å². The van der Waals surface area contributed by atoms with E-state index in [2.05, 4.69) is 15.3 Å². The third-order valence-electron chi connectivity index (χ3n) is 5.13. The first kappa shape index (κ1) is 20.4. The van der Waals surface area contributed by atoms with Crippen molar-refractivity contribution in [3.05, 3.63) is 64.4 Å². The van der Waals surface area contributed by atoms with Crippen molar-refractivity contribution in [2.75, 3.05) is 11.1 Å². The van der Waals surface area contributed by atoms with Crippen molar-refractivity contribution in [2.45, 2.75) is 31.5 Å². The van der Waals surface area contributed by atoms with Gasteiger partial charge in [0.1, 0.15) is 12.1 Å². The van der Waals surface area contributed by atoms with Crippen molar-refractivity contribution in [3.63, 3.8) is 0 Å². The van der Waals surface area contributed by atoms with Gasteiger partial charge in [0.25, 0.3) is 0 Å². The van der Waals surface area contributed by atoms with E-state index < -0.39 is 17.8 Å². The Labute approximate surface area is 175 Å². The molecule has 0 amide bonds. The third kappa shape index (κ3) is 4.06. The largest absolute Gasteiger partial charge is 0.416 e. The number of alkyl halides is 3. The van der Waals surface area contributed by atoms with E-state index in [0.717, 1.165) is 28.9 Å². The van der Waals surface area contributed by atoms with Crippen LogP contribution < -0.4 is 11.1 Å². The summed E-state index contributed by atoms with van der Waals surface area (Å²) < 4.78 is 38.7. The van der Waals surface area contributed by atoms with Crippen LogP contribution in [-0.2, 0) is 19.0 Å². The van der Waals surface area contributed by atoms with E-state index in [1.165, 1.54) is 12.4 Å². The average molecular weight is 435 g/mol. The second-order valence-corrected chi connectivity index (χ2v) is 7.57. The standard InChI is InChI=1S/C21H18ClF3N4O/c22-16-5-6-18(15-8-12(30)2-4-13(15)16)29-20-9-19(27-10-28-20)14-3-1-11(7-17(14)26)21(23,24)25/h1,3,5-7,9-10,12,30H,2,4,8,26H2,(H,27,28,29). The number of halogens is 4. The number of aliphatic hydroxyl groups excluding tert-OH is 1. The van der Waals surface area contributed by atoms with Crippen molar-refractivity contribution >= 4 is 28.8 Å². The fourth-order valence-electron chi connectivity index (χ4n) is 3.62. The zero-order valence-corrected chi connectivity index (χ0v) is 16.4. The van der Waals surface area contributed by atoms with E-state index in [1.807, 2.05) is 6.07 Å². The number of nitrogen functional groups attached to an aromatic ring is 1. The van der Waals surface area contributed by atoms with Crippen LogP contribution in [0.4, 0.5) is 30.4 Å². The molecule has 3 aromatic rings. The molecule has 4 N–H and O–H groups in total. The van der Waals surface area contributed by atoms with E-state index >= 15 is 0 Å². The summed E-state index contributed by atoms with van der Waals surface area (Å²) in [5.41, 5.74) is 8.46. The van der Waals surface area contributed by atoms with Crippen LogP contribution >= 0.6 is 11.6 Å². The third-order valence-corrected chi connectivity index (χ3v) is 5.48. The summed E-state index contributed by atoms with van der Waals surface area (Å²) in [7, 11) is 0. The van der Waals surface area contributed by atoms with Gasteiger partial charge in [0.15, 0.2) is 0 Å². The van der Waals surface area contributed by atoms with Crippen LogP contribution in [0.15, 0.2) is 42.7 Å². The summed E-state index contributed by atoms with van der Waals surface area (Å²) in [4.78, 5) is 8.34. The van der Waals surface area contributed by atoms with E-state index in [-0.39, 0.29) is 5.69 Å². The zero-order valence-electron chi connectivity index (χ0n) is 15.7. The number of rotatable bonds is 3. The molecule has 1 aromatic heterocycles. The topological polar surface area (TPSA) is 84.1 Å². The summed E-state index contributed by atoms with van der Waals surface area (Å²) in [6.45, 7) is 0. The maximum absolute atomic E-state index is 12.9. The molecule has 9 heteroatoms. The van der Waals surface area contributed by atoms with Gasteiger partial charge >= 0.3 is 6.18 Å². The molecule has 0 spiro atoms. The minimum atomic E-state index is -4.47. The predicted molar refractivity (Wildman–Crippen MR) is 110 cm³/mol. The lowest BCUT2D eigenvalue weighted by Gasteiger charge is -2.24. The minimum absolute atomic E-state index is 0.0264. The molecule has 4 rings (SSSR count). The van der Waals surface area contributed by atoms with Crippen molar-refractivity contribution in [3.8, 4) is 11.3 Å². The van der Waals surface area contributed by atoms with Gasteiger partial charge in [0.2, 0.25) is 0 Å². The molecule has 1 atom stereocenters. The van der Waals surface area contributed by atoms with Gasteiger partial charge in [-0.2, -0.15) is 13.2 Å². The highest BCUT2D eigenvalue weighted by atomic mass is 35.5. The van der Waals surface area contributed by atoms with Crippen LogP contribution in [-0.4, -0.2) is 21.2 Å². The Bertz CT molecular complexity index is 1100. The SMILES string of the molecule is Nc1cc(C(F)(F)F)ccc1-c1cc(Nc2ccc(Cl)c3c2CC(O)CC3)ncn1. The fourth-order valence-corrected chi connectivity index (χ4v) is 3.89. The first-order chi connectivity index (χ1) is 14.2. The summed E-state index contributed by atoms with van der Waals surface area (Å²) in [5.74, 6) is 0.448. The number of hydrogen-bond acceptors (Lipinski definition) is 5. The predicted octanol–water partition coefficient (Wildman–Crippen LogP) is 4.99. The van der Waals surface area contributed by atoms with Crippen molar-refractivity contribution in [2.24, 2.45) is 0 Å². The van der Waals surface area contributed by atoms with Crippen molar-refractivity contribution in [1.29, 1.82) is 0 Å². The molecule has 5 nitrogen and oxygen atoms in total. The molecule has 1 unspecified atom stereocenters. The number of fused-ring (bicyclic) bond motifs is 1. The van der Waals surface area contributed by atoms with Crippen LogP contribution in [0.2, 0.25) is 5.02 Å². The Kier molecular flexibility index (Phi) is 5.29. The van der Waals surface area contributed by atoms with Gasteiger partial charge < -0.3 is 16.2 Å². The lowest BCUT2D eigenvalue weighted by molar-refractivity contribution is -0.137. The van der Waals surface area contributed by atoms with Gasteiger partial charge in [0.05, 0.1) is 17.4 Å². The number of nitrogens with two attached hydrogens (primary N) is 1. The molecule has 0 radical (unpaired) electrons. The summed E-state index contributed by atoms with van der Waals surface area (Å²) in [5, 5.41) is 13.9. The van der Waals surface area contributed by atoms with Crippen molar-refractivity contribution in [1.82, 2.24) is 9.97 Å². The maximum Gasteiger partial charge on any atom is 0.416 e. The highest BCUT2D eigenvalue weighted by Gasteiger charge is 2.31. The molecule has 0 fully saturated rings. The Morgan fingerprint density at radius 1 is 1.10 bits per heavy atom. The van der Waals surface area contributed by atoms with Gasteiger partial charge in [0, 0.05) is 34.4 Å². The number of hydrogen-bond donors (Lipinski definition) is 3. The molecular weight excluding hydrogens is 417 g/mol. The number of aliphatic hydroxyl groups is 1. The second-order valence-electron chi connectivity index (χ2n) is 7.16. The molecule has 30 heavy (non-hydrogen) atoms. The van der Waals surface area contributed by atoms with Gasteiger partial charge in [-0.25, -0.2) is 9.97 Å². The Balaban J connectivity index is 1.66. The van der Waals surface area contributed by atoms with Gasteiger partial charge in [-0.05, 0) is 48.2 Å². The number of nitrogens with one attached hydrogen (secondary N) is 1. The molecule has 0 aliphatic heterocycles. The zero-order chi connectivity index (χ0) is 21.5. The molecule has 0 bridgehead atoms. The minimum Gasteiger partial charge on any atom is -0.398 e. The first-order valence-electron chi connectivity index (χ1n) is 9.27. The summed E-state index contributed by atoms with van der Waals surface area (Å²) >= 11 is 6.30. The monoisotopic (exact) mass is 434 g/mol. The number of nitrogens with zero attached hydrogens (tertiary/aromatic N) is 2. The van der Waals surface area contributed by atoms with Crippen LogP contribution in [0.25, 0.3) is 11.3 Å². The number of aromatic nitrogens is 2. The number of anilines is 3. The smallest absolute Gasteiger partial charge is 0.398 e. The lowest BCUT2D eigenvalue weighted by atomic mass is 9.88. The second kappa shape index (κ2) is 7.77. The lowest BCUT2D eigenvalue weighted by Crippen LogP contribution is -2.20. The van der Waals surface area contributed by atoms with E-state index in [9.17, 15) is 18.3 Å². The van der Waals surface area contributed by atoms with Gasteiger partial charge in [-0.1, -0.05) is 17.7 Å². The summed E-state index contributed by atoms with van der Waals surface area (Å²) in [6.07, 6.45) is -1.79. The molecule has 1 aliphatic carbocycles. The first-order valence-corrected chi connectivity index (χ1v) is 9.64. The van der Waals surface area contributed by atoms with Crippen molar-refractivity contribution < 1.29 is 18.3 Å². The quantitative estimate of drug-likeness (QED) is 0.506. The van der Waals surface area contributed by atoms with E-state index in [4.69, 9.17) is 17.3 Å². The highest BCUT2D eigenvalue weighted by Crippen LogP contribution is 2.36. The van der Waals surface area contributed by atoms with Crippen LogP contribution in [0.3, 0.4) is 0 Å². The molecule has 156 valence electrons. The van der Waals surface area contributed by atoms with Crippen LogP contribution in [0.5, 0.6) is 0 Å². The Hall–Kier alpha value is -2.84. The molecule has 0 saturated carbocycles. The molecule has 0 saturated heterocycles. The fraction of sp³-hybridized carbons (Fsp3) is 0.238. The normalized spacial score (nSPS) is 16.2. The number of benzene rings is 2. The molecule has 1 aliphatic rings. The molecule has 1 heterocycles. The summed E-state index contributed by atoms with van der Waals surface area (Å²) in [6, 6.07) is 8.37. The van der Waals surface area contributed by atoms with Crippen LogP contribution in [0.1, 0.15) is 23.1 Å². The molecule has 2 aromatic carbocycles. The van der Waals surface area contributed by atoms with Crippen LogP contribution in [0, 0.1) is 0 Å². The van der Waals surface area contributed by atoms with E-state index in [0.29, 0.717) is 41.4 Å². The van der Waals surface area contributed by atoms with Gasteiger partial charge in [-0.15, -0.1) is 0 Å². The maximum atomic E-state index is 12.9. The average Bonchev–Trinajstić information content (AvgIpc) is 2.69. The Morgan fingerprint density at radius 2 is 1.90 bits per heavy atom. The highest BCUT2D eigenvalue weighted by molar-refractivity contribution is 6.31. The Morgan fingerprint density at radius 3 is 2.63 bits per heavy atom. The molecular formula is C21H18ClF3N4O.